The van der Waals surface area contributed by atoms with E-state index in [9.17, 15) is 22.8 Å². The second kappa shape index (κ2) is 10.1. The average Bonchev–Trinajstić information content (AvgIpc) is 2.61. The summed E-state index contributed by atoms with van der Waals surface area (Å²) in [5.41, 5.74) is -3.56. The van der Waals surface area contributed by atoms with Crippen molar-refractivity contribution in [1.82, 2.24) is 0 Å². The van der Waals surface area contributed by atoms with Gasteiger partial charge in [-0.05, 0) is 19.3 Å². The van der Waals surface area contributed by atoms with Crippen LogP contribution >= 0.6 is 0 Å². The minimum atomic E-state index is -5.01. The van der Waals surface area contributed by atoms with E-state index >= 15 is 0 Å². The van der Waals surface area contributed by atoms with Crippen LogP contribution in [0.5, 0.6) is 0 Å². The first-order valence-electron chi connectivity index (χ1n) is 8.37. The highest BCUT2D eigenvalue weighted by Crippen LogP contribution is 2.43. The molecule has 0 saturated carbocycles. The molecule has 1 aromatic carbocycles. The monoisotopic (exact) mass is 388 g/mol. The summed E-state index contributed by atoms with van der Waals surface area (Å²) in [4.78, 5) is 23.5. The van der Waals surface area contributed by atoms with Crippen molar-refractivity contribution in [1.29, 1.82) is 0 Å². The molecule has 0 bridgehead atoms. The molecule has 0 spiro atoms. The molecule has 2 atom stereocenters. The molecule has 5 nitrogen and oxygen atoms in total. The Bertz CT molecular complexity index is 642. The van der Waals surface area contributed by atoms with Gasteiger partial charge in [0.15, 0.2) is 0 Å². The fraction of sp³-hybridized carbons (Fsp3) is 0.474. The molecule has 0 fully saturated rings. The summed E-state index contributed by atoms with van der Waals surface area (Å²) in [5, 5.41) is 0. The lowest BCUT2D eigenvalue weighted by atomic mass is 9.92. The molecule has 27 heavy (non-hydrogen) atoms. The first-order valence-corrected chi connectivity index (χ1v) is 8.37. The van der Waals surface area contributed by atoms with Crippen molar-refractivity contribution in [3.8, 4) is 0 Å². The van der Waals surface area contributed by atoms with E-state index < -0.39 is 23.7 Å². The van der Waals surface area contributed by atoms with Gasteiger partial charge in [0.25, 0.3) is 5.60 Å². The number of alkyl halides is 3. The molecule has 0 radical (unpaired) electrons. The molecule has 0 heterocycles. The van der Waals surface area contributed by atoms with Gasteiger partial charge in [0.2, 0.25) is 0 Å². The lowest BCUT2D eigenvalue weighted by Gasteiger charge is -2.32. The lowest BCUT2D eigenvalue weighted by molar-refractivity contribution is -0.276. The van der Waals surface area contributed by atoms with Crippen LogP contribution in [-0.2, 0) is 29.4 Å². The fourth-order valence-electron chi connectivity index (χ4n) is 2.36. The Balaban J connectivity index is 2.83. The van der Waals surface area contributed by atoms with Gasteiger partial charge >= 0.3 is 18.1 Å². The molecule has 0 aliphatic rings. The van der Waals surface area contributed by atoms with Crippen molar-refractivity contribution in [3.05, 3.63) is 48.0 Å². The number of carbonyl (C=O) groups excluding carboxylic acids is 2. The number of ether oxygens (including phenoxy) is 3. The first kappa shape index (κ1) is 22.7. The summed E-state index contributed by atoms with van der Waals surface area (Å²) in [6.07, 6.45) is -1.95. The normalized spacial score (nSPS) is 15.2. The molecular formula is C19H23F3O5. The third-order valence-corrected chi connectivity index (χ3v) is 3.75. The molecule has 0 aromatic heterocycles. The van der Waals surface area contributed by atoms with Crippen molar-refractivity contribution in [3.63, 3.8) is 0 Å². The number of hydrogen-bond acceptors (Lipinski definition) is 5. The van der Waals surface area contributed by atoms with E-state index in [1.807, 2.05) is 0 Å². The molecule has 0 unspecified atom stereocenters. The zero-order chi connectivity index (χ0) is 20.5. The topological polar surface area (TPSA) is 61.8 Å². The van der Waals surface area contributed by atoms with Gasteiger partial charge < -0.3 is 14.2 Å². The summed E-state index contributed by atoms with van der Waals surface area (Å²) in [5.74, 6) is -2.36. The number of allylic oxidation sites excluding steroid dienone is 1. The van der Waals surface area contributed by atoms with Gasteiger partial charge in [-0.3, -0.25) is 0 Å². The standard InChI is InChI=1S/C19H23F3O5/c1-4-26-16(23)12-8-9-14(2)13-27-17(24)18(25-3,19(20,21)22)15-10-6-5-7-11-15/h5-8,10-12,14H,4,9,13H2,1-3H3/b12-8-/t14-,18-/m0/s1. The minimum absolute atomic E-state index is 0.242. The van der Waals surface area contributed by atoms with Crippen LogP contribution in [0.1, 0.15) is 25.8 Å². The van der Waals surface area contributed by atoms with Crippen molar-refractivity contribution >= 4 is 11.9 Å². The summed E-state index contributed by atoms with van der Waals surface area (Å²) in [6, 6.07) is 6.60. The molecule has 1 aromatic rings. The van der Waals surface area contributed by atoms with Gasteiger partial charge in [-0.1, -0.05) is 43.3 Å². The summed E-state index contributed by atoms with van der Waals surface area (Å²) in [7, 11) is 0.813. The number of carbonyl (C=O) groups is 2. The van der Waals surface area contributed by atoms with E-state index in [4.69, 9.17) is 9.47 Å². The van der Waals surface area contributed by atoms with Crippen LogP contribution < -0.4 is 0 Å². The molecule has 0 saturated heterocycles. The highest BCUT2D eigenvalue weighted by atomic mass is 19.4. The second-order valence-corrected chi connectivity index (χ2v) is 5.84. The number of esters is 2. The van der Waals surface area contributed by atoms with E-state index in [0.717, 1.165) is 19.2 Å². The first-order chi connectivity index (χ1) is 12.7. The maximum Gasteiger partial charge on any atom is 0.432 e. The zero-order valence-corrected chi connectivity index (χ0v) is 15.4. The van der Waals surface area contributed by atoms with Crippen molar-refractivity contribution in [2.24, 2.45) is 5.92 Å². The predicted octanol–water partition coefficient (Wildman–Crippen LogP) is 3.78. The Kier molecular flexibility index (Phi) is 8.49. The van der Waals surface area contributed by atoms with E-state index in [2.05, 4.69) is 4.74 Å². The highest BCUT2D eigenvalue weighted by molar-refractivity contribution is 5.83. The van der Waals surface area contributed by atoms with Crippen molar-refractivity contribution < 1.29 is 37.0 Å². The fourth-order valence-corrected chi connectivity index (χ4v) is 2.36. The Morgan fingerprint density at radius 3 is 2.30 bits per heavy atom. The Hall–Kier alpha value is -2.35. The molecule has 1 rings (SSSR count). The van der Waals surface area contributed by atoms with Gasteiger partial charge in [0.1, 0.15) is 0 Å². The Labute approximate surface area is 156 Å². The maximum atomic E-state index is 13.7. The maximum absolute atomic E-state index is 13.7. The van der Waals surface area contributed by atoms with E-state index in [1.54, 1.807) is 13.8 Å². The Morgan fingerprint density at radius 1 is 1.15 bits per heavy atom. The number of halogens is 3. The minimum Gasteiger partial charge on any atom is -0.463 e. The highest BCUT2D eigenvalue weighted by Gasteiger charge is 2.64. The SMILES string of the molecule is CCOC(=O)/C=C\C[C@H](C)COC(=O)[C@@](OC)(c1ccccc1)C(F)(F)F. The smallest absolute Gasteiger partial charge is 0.432 e. The molecule has 8 heteroatoms. The summed E-state index contributed by atoms with van der Waals surface area (Å²) < 4.78 is 55.4. The molecule has 0 N–H and O–H groups in total. The lowest BCUT2D eigenvalue weighted by Crippen LogP contribution is -2.52. The van der Waals surface area contributed by atoms with Gasteiger partial charge in [-0.25, -0.2) is 9.59 Å². The van der Waals surface area contributed by atoms with E-state index in [-0.39, 0.29) is 24.7 Å². The van der Waals surface area contributed by atoms with Gasteiger partial charge in [-0.15, -0.1) is 0 Å². The van der Waals surface area contributed by atoms with Gasteiger partial charge in [0, 0.05) is 18.7 Å². The number of benzene rings is 1. The number of rotatable bonds is 9. The second-order valence-electron chi connectivity index (χ2n) is 5.84. The van der Waals surface area contributed by atoms with Gasteiger partial charge in [0.05, 0.1) is 13.2 Å². The summed E-state index contributed by atoms with van der Waals surface area (Å²) in [6.45, 7) is 3.32. The van der Waals surface area contributed by atoms with Crippen LogP contribution in [-0.4, -0.2) is 38.4 Å². The predicted molar refractivity (Wildman–Crippen MR) is 91.7 cm³/mol. The van der Waals surface area contributed by atoms with Crippen LogP contribution in [0.2, 0.25) is 0 Å². The largest absolute Gasteiger partial charge is 0.463 e. The molecule has 0 amide bonds. The van der Waals surface area contributed by atoms with Crippen LogP contribution in [0, 0.1) is 5.92 Å². The Morgan fingerprint density at radius 2 is 1.78 bits per heavy atom. The van der Waals surface area contributed by atoms with Crippen LogP contribution in [0.25, 0.3) is 0 Å². The van der Waals surface area contributed by atoms with E-state index in [1.165, 1.54) is 30.4 Å². The summed E-state index contributed by atoms with van der Waals surface area (Å²) >= 11 is 0. The van der Waals surface area contributed by atoms with Crippen molar-refractivity contribution in [2.75, 3.05) is 20.3 Å². The van der Waals surface area contributed by atoms with Gasteiger partial charge in [-0.2, -0.15) is 13.2 Å². The third-order valence-electron chi connectivity index (χ3n) is 3.75. The molecule has 0 aliphatic carbocycles. The molecule has 0 aliphatic heterocycles. The average molecular weight is 388 g/mol. The van der Waals surface area contributed by atoms with Crippen LogP contribution in [0.15, 0.2) is 42.5 Å². The quantitative estimate of drug-likeness (QED) is 0.476. The molecule has 150 valence electrons. The zero-order valence-electron chi connectivity index (χ0n) is 15.4. The van der Waals surface area contributed by atoms with Crippen LogP contribution in [0.4, 0.5) is 13.2 Å². The molecular weight excluding hydrogens is 365 g/mol. The van der Waals surface area contributed by atoms with E-state index in [0.29, 0.717) is 6.42 Å². The third kappa shape index (κ3) is 5.82. The number of hydrogen-bond donors (Lipinski definition) is 0. The van der Waals surface area contributed by atoms with Crippen LogP contribution in [0.3, 0.4) is 0 Å². The number of methoxy groups -OCH3 is 1. The van der Waals surface area contributed by atoms with Crippen molar-refractivity contribution in [2.45, 2.75) is 32.0 Å².